The summed E-state index contributed by atoms with van der Waals surface area (Å²) >= 11 is 11.9. The number of nitrogens with zero attached hydrogens (tertiary/aromatic N) is 3. The van der Waals surface area contributed by atoms with Crippen molar-refractivity contribution in [1.82, 2.24) is 14.5 Å². The first-order valence-corrected chi connectivity index (χ1v) is 7.67. The number of nitrogens with one attached hydrogen (secondary N) is 1. The number of carbonyl (C=O) groups excluding carboxylic acids is 1. The van der Waals surface area contributed by atoms with Crippen LogP contribution >= 0.6 is 23.2 Å². The van der Waals surface area contributed by atoms with Crippen LogP contribution in [0, 0.1) is 0 Å². The summed E-state index contributed by atoms with van der Waals surface area (Å²) in [7, 11) is 1.67. The summed E-state index contributed by atoms with van der Waals surface area (Å²) in [5, 5.41) is 3.41. The van der Waals surface area contributed by atoms with Crippen LogP contribution in [0.25, 0.3) is 0 Å². The van der Waals surface area contributed by atoms with E-state index in [2.05, 4.69) is 15.3 Å². The molecule has 1 amide bonds. The Balaban J connectivity index is 1.70. The molecular formula is C16H12Cl2N4O2. The van der Waals surface area contributed by atoms with Crippen LogP contribution in [0.1, 0.15) is 10.5 Å². The molecule has 1 N–H and O–H groups in total. The molecule has 2 heterocycles. The van der Waals surface area contributed by atoms with Crippen molar-refractivity contribution in [3.63, 3.8) is 0 Å². The zero-order valence-electron chi connectivity index (χ0n) is 12.5. The maximum Gasteiger partial charge on any atom is 0.321 e. The maximum atomic E-state index is 12.3. The summed E-state index contributed by atoms with van der Waals surface area (Å²) in [6.07, 6.45) is 3.18. The Bertz CT molecular complexity index is 864. The van der Waals surface area contributed by atoms with Gasteiger partial charge < -0.3 is 14.6 Å². The third-order valence-corrected chi connectivity index (χ3v) is 4.05. The molecule has 3 rings (SSSR count). The number of carbonyl (C=O) groups is 1. The molecule has 0 saturated heterocycles. The first-order chi connectivity index (χ1) is 11.5. The van der Waals surface area contributed by atoms with Gasteiger partial charge in [0.25, 0.3) is 5.91 Å². The molecule has 0 radical (unpaired) electrons. The van der Waals surface area contributed by atoms with E-state index in [9.17, 15) is 4.79 Å². The Kier molecular flexibility index (Phi) is 4.69. The molecule has 6 nitrogen and oxygen atoms in total. The maximum absolute atomic E-state index is 12.3. The number of rotatable bonds is 4. The van der Waals surface area contributed by atoms with E-state index < -0.39 is 0 Å². The minimum atomic E-state index is -0.314. The fourth-order valence-electron chi connectivity index (χ4n) is 2.01. The SMILES string of the molecule is Cn1c(C(=O)Nc2ccc(Oc3ncccn3)cc2)cc(Cl)c1Cl. The second kappa shape index (κ2) is 6.90. The van der Waals surface area contributed by atoms with Crippen LogP contribution in [0.5, 0.6) is 11.8 Å². The van der Waals surface area contributed by atoms with Gasteiger partial charge in [-0.1, -0.05) is 23.2 Å². The van der Waals surface area contributed by atoms with Crippen LogP contribution in [0.3, 0.4) is 0 Å². The second-order valence-electron chi connectivity index (χ2n) is 4.84. The van der Waals surface area contributed by atoms with Gasteiger partial charge in [-0.25, -0.2) is 9.97 Å². The van der Waals surface area contributed by atoms with Crippen LogP contribution in [0.4, 0.5) is 5.69 Å². The van der Waals surface area contributed by atoms with E-state index in [4.69, 9.17) is 27.9 Å². The highest BCUT2D eigenvalue weighted by Crippen LogP contribution is 2.26. The molecule has 1 aromatic carbocycles. The van der Waals surface area contributed by atoms with Crippen molar-refractivity contribution < 1.29 is 9.53 Å². The topological polar surface area (TPSA) is 69.0 Å². The minimum absolute atomic E-state index is 0.252. The molecule has 0 aliphatic carbocycles. The summed E-state index contributed by atoms with van der Waals surface area (Å²) < 4.78 is 7.00. The third kappa shape index (κ3) is 3.50. The molecule has 0 spiro atoms. The van der Waals surface area contributed by atoms with Crippen molar-refractivity contribution >= 4 is 34.8 Å². The number of ether oxygens (including phenoxy) is 1. The van der Waals surface area contributed by atoms with Crippen LogP contribution in [0.2, 0.25) is 10.2 Å². The van der Waals surface area contributed by atoms with Crippen LogP contribution < -0.4 is 10.1 Å². The molecule has 0 atom stereocenters. The van der Waals surface area contributed by atoms with Crippen LogP contribution in [-0.2, 0) is 7.05 Å². The number of halogens is 2. The minimum Gasteiger partial charge on any atom is -0.424 e. The third-order valence-electron chi connectivity index (χ3n) is 3.21. The molecule has 0 bridgehead atoms. The first kappa shape index (κ1) is 16.3. The number of benzene rings is 1. The Labute approximate surface area is 148 Å². The summed E-state index contributed by atoms with van der Waals surface area (Å²) in [6, 6.07) is 10.3. The zero-order valence-corrected chi connectivity index (χ0v) is 14.0. The van der Waals surface area contributed by atoms with Crippen molar-refractivity contribution in [3.05, 3.63) is 64.7 Å². The number of amides is 1. The average Bonchev–Trinajstić information content (AvgIpc) is 2.85. The lowest BCUT2D eigenvalue weighted by Crippen LogP contribution is -2.15. The smallest absolute Gasteiger partial charge is 0.321 e. The van der Waals surface area contributed by atoms with Crippen molar-refractivity contribution in [2.45, 2.75) is 0 Å². The summed E-state index contributed by atoms with van der Waals surface area (Å²) in [4.78, 5) is 20.2. The van der Waals surface area contributed by atoms with Gasteiger partial charge in [-0.05, 0) is 36.4 Å². The molecule has 0 fully saturated rings. The second-order valence-corrected chi connectivity index (χ2v) is 5.60. The summed E-state index contributed by atoms with van der Waals surface area (Å²) in [5.74, 6) is 0.246. The summed E-state index contributed by atoms with van der Waals surface area (Å²) in [5.41, 5.74) is 0.970. The standard InChI is InChI=1S/C16H12Cl2N4O2/c1-22-13(9-12(17)14(22)18)15(23)21-10-3-5-11(6-4-10)24-16-19-7-2-8-20-16/h2-9H,1H3,(H,21,23). The predicted octanol–water partition coefficient (Wildman–Crippen LogP) is 4.17. The molecule has 0 aliphatic heterocycles. The number of hydrogen-bond donors (Lipinski definition) is 1. The summed E-state index contributed by atoms with van der Waals surface area (Å²) in [6.45, 7) is 0. The van der Waals surface area contributed by atoms with Gasteiger partial charge in [0, 0.05) is 25.1 Å². The first-order valence-electron chi connectivity index (χ1n) is 6.91. The lowest BCUT2D eigenvalue weighted by Gasteiger charge is -2.08. The van der Waals surface area contributed by atoms with Gasteiger partial charge in [-0.2, -0.15) is 0 Å². The normalized spacial score (nSPS) is 10.5. The molecule has 3 aromatic rings. The fourth-order valence-corrected chi connectivity index (χ4v) is 2.38. The van der Waals surface area contributed by atoms with Crippen molar-refractivity contribution in [3.8, 4) is 11.8 Å². The van der Waals surface area contributed by atoms with Gasteiger partial charge in [0.15, 0.2) is 0 Å². The Morgan fingerprint density at radius 2 is 1.83 bits per heavy atom. The molecule has 2 aromatic heterocycles. The van der Waals surface area contributed by atoms with E-state index in [0.29, 0.717) is 27.3 Å². The van der Waals surface area contributed by atoms with E-state index in [-0.39, 0.29) is 11.9 Å². The highest BCUT2D eigenvalue weighted by molar-refractivity contribution is 6.42. The largest absolute Gasteiger partial charge is 0.424 e. The van der Waals surface area contributed by atoms with Gasteiger partial charge in [0.05, 0.1) is 5.02 Å². The fraction of sp³-hybridized carbons (Fsp3) is 0.0625. The van der Waals surface area contributed by atoms with Crippen LogP contribution in [-0.4, -0.2) is 20.4 Å². The molecule has 122 valence electrons. The predicted molar refractivity (Wildman–Crippen MR) is 91.9 cm³/mol. The Morgan fingerprint density at radius 3 is 2.42 bits per heavy atom. The Morgan fingerprint density at radius 1 is 1.17 bits per heavy atom. The molecule has 8 heteroatoms. The zero-order chi connectivity index (χ0) is 17.1. The number of hydrogen-bond acceptors (Lipinski definition) is 4. The van der Waals surface area contributed by atoms with Gasteiger partial charge in [0.1, 0.15) is 16.6 Å². The van der Waals surface area contributed by atoms with Crippen molar-refractivity contribution in [2.75, 3.05) is 5.32 Å². The molecular weight excluding hydrogens is 351 g/mol. The monoisotopic (exact) mass is 362 g/mol. The van der Waals surface area contributed by atoms with Crippen LogP contribution in [0.15, 0.2) is 48.8 Å². The quantitative estimate of drug-likeness (QED) is 0.756. The Hall–Kier alpha value is -2.57. The van der Waals surface area contributed by atoms with Gasteiger partial charge in [-0.3, -0.25) is 4.79 Å². The molecule has 0 unspecified atom stereocenters. The van der Waals surface area contributed by atoms with Gasteiger partial charge in [-0.15, -0.1) is 0 Å². The lowest BCUT2D eigenvalue weighted by molar-refractivity contribution is 0.101. The average molecular weight is 363 g/mol. The van der Waals surface area contributed by atoms with E-state index >= 15 is 0 Å². The van der Waals surface area contributed by atoms with E-state index in [1.54, 1.807) is 49.8 Å². The highest BCUT2D eigenvalue weighted by atomic mass is 35.5. The molecule has 0 aliphatic rings. The van der Waals surface area contributed by atoms with E-state index in [1.807, 2.05) is 0 Å². The van der Waals surface area contributed by atoms with E-state index in [1.165, 1.54) is 10.6 Å². The lowest BCUT2D eigenvalue weighted by atomic mass is 10.3. The highest BCUT2D eigenvalue weighted by Gasteiger charge is 2.15. The number of aromatic nitrogens is 3. The van der Waals surface area contributed by atoms with Crippen molar-refractivity contribution in [1.29, 1.82) is 0 Å². The van der Waals surface area contributed by atoms with Gasteiger partial charge >= 0.3 is 6.01 Å². The van der Waals surface area contributed by atoms with E-state index in [0.717, 1.165) is 0 Å². The molecule has 24 heavy (non-hydrogen) atoms. The van der Waals surface area contributed by atoms with Gasteiger partial charge in [0.2, 0.25) is 0 Å². The van der Waals surface area contributed by atoms with Crippen molar-refractivity contribution in [2.24, 2.45) is 7.05 Å². The molecule has 0 saturated carbocycles. The number of anilines is 1.